The number of aromatic nitrogens is 1. The number of nitrogens with zero attached hydrogens (tertiary/aromatic N) is 2. The van der Waals surface area contributed by atoms with E-state index in [1.165, 1.54) is 6.07 Å². The first-order valence-electron chi connectivity index (χ1n) is 6.13. The normalized spacial score (nSPS) is 18.5. The van der Waals surface area contributed by atoms with Crippen molar-refractivity contribution in [3.8, 4) is 0 Å². The van der Waals surface area contributed by atoms with Crippen LogP contribution in [0.3, 0.4) is 0 Å². The fraction of sp³-hybridized carbons (Fsp3) is 0.357. The lowest BCUT2D eigenvalue weighted by Crippen LogP contribution is -2.59. The van der Waals surface area contributed by atoms with Crippen LogP contribution in [0.1, 0.15) is 12.6 Å². The number of β-amino-alcohol motifs (C(OH)–C–C–N with tert-alkyl or cyclic N) is 1. The SMILES string of the molecule is CC1(O)CN(Cc2ccc3ccc(F)c(F)c3n2)C1. The molecule has 2 heterocycles. The van der Waals surface area contributed by atoms with E-state index in [-0.39, 0.29) is 5.52 Å². The van der Waals surface area contributed by atoms with Gasteiger partial charge in [-0.3, -0.25) is 4.90 Å². The Morgan fingerprint density at radius 3 is 2.63 bits per heavy atom. The largest absolute Gasteiger partial charge is 0.388 e. The molecule has 3 rings (SSSR count). The van der Waals surface area contributed by atoms with Crippen LogP contribution in [0.4, 0.5) is 8.78 Å². The number of benzene rings is 1. The van der Waals surface area contributed by atoms with E-state index in [1.807, 2.05) is 4.90 Å². The van der Waals surface area contributed by atoms with Crippen molar-refractivity contribution in [1.29, 1.82) is 0 Å². The summed E-state index contributed by atoms with van der Waals surface area (Å²) in [6, 6.07) is 6.15. The lowest BCUT2D eigenvalue weighted by atomic mass is 9.97. The van der Waals surface area contributed by atoms with Gasteiger partial charge in [0, 0.05) is 25.0 Å². The third-order valence-corrected chi connectivity index (χ3v) is 3.33. The molecule has 3 nitrogen and oxygen atoms in total. The Balaban J connectivity index is 1.87. The molecule has 5 heteroatoms. The molecule has 19 heavy (non-hydrogen) atoms. The van der Waals surface area contributed by atoms with Gasteiger partial charge < -0.3 is 5.11 Å². The molecule has 0 atom stereocenters. The molecule has 0 unspecified atom stereocenters. The van der Waals surface area contributed by atoms with Crippen molar-refractivity contribution < 1.29 is 13.9 Å². The summed E-state index contributed by atoms with van der Waals surface area (Å²) in [7, 11) is 0. The molecule has 1 aromatic heterocycles. The van der Waals surface area contributed by atoms with Crippen molar-refractivity contribution in [2.75, 3.05) is 13.1 Å². The van der Waals surface area contributed by atoms with Crippen molar-refractivity contribution in [3.63, 3.8) is 0 Å². The number of aliphatic hydroxyl groups is 1. The van der Waals surface area contributed by atoms with Gasteiger partial charge in [0.25, 0.3) is 0 Å². The molecule has 0 saturated carbocycles. The minimum absolute atomic E-state index is 0.0600. The third-order valence-electron chi connectivity index (χ3n) is 3.33. The highest BCUT2D eigenvalue weighted by molar-refractivity contribution is 5.79. The van der Waals surface area contributed by atoms with Gasteiger partial charge in [0.2, 0.25) is 0 Å². The number of fused-ring (bicyclic) bond motifs is 1. The summed E-state index contributed by atoms with van der Waals surface area (Å²) in [5.74, 6) is -1.79. The molecular weight excluding hydrogens is 250 g/mol. The van der Waals surface area contributed by atoms with E-state index in [1.54, 1.807) is 19.1 Å². The van der Waals surface area contributed by atoms with Crippen LogP contribution in [0.5, 0.6) is 0 Å². The van der Waals surface area contributed by atoms with Crippen molar-refractivity contribution >= 4 is 10.9 Å². The molecule has 100 valence electrons. The zero-order valence-corrected chi connectivity index (χ0v) is 10.5. The predicted molar refractivity (Wildman–Crippen MR) is 67.6 cm³/mol. The van der Waals surface area contributed by atoms with Gasteiger partial charge in [-0.05, 0) is 25.1 Å². The van der Waals surface area contributed by atoms with E-state index >= 15 is 0 Å². The third kappa shape index (κ3) is 2.31. The number of halogens is 2. The van der Waals surface area contributed by atoms with E-state index in [9.17, 15) is 13.9 Å². The topological polar surface area (TPSA) is 36.4 Å². The van der Waals surface area contributed by atoms with Crippen molar-refractivity contribution in [2.45, 2.75) is 19.1 Å². The molecule has 0 amide bonds. The first-order chi connectivity index (χ1) is 8.94. The zero-order valence-electron chi connectivity index (χ0n) is 10.5. The molecule has 1 aliphatic heterocycles. The minimum Gasteiger partial charge on any atom is -0.388 e. The number of rotatable bonds is 2. The van der Waals surface area contributed by atoms with Crippen LogP contribution in [0.2, 0.25) is 0 Å². The van der Waals surface area contributed by atoms with Crippen molar-refractivity contribution in [3.05, 3.63) is 41.6 Å². The quantitative estimate of drug-likeness (QED) is 0.902. The first kappa shape index (κ1) is 12.4. The maximum atomic E-state index is 13.6. The molecule has 1 saturated heterocycles. The molecule has 0 radical (unpaired) electrons. The van der Waals surface area contributed by atoms with Gasteiger partial charge in [0.1, 0.15) is 5.52 Å². The van der Waals surface area contributed by atoms with Gasteiger partial charge in [-0.2, -0.15) is 0 Å². The summed E-state index contributed by atoms with van der Waals surface area (Å²) in [6.45, 7) is 3.44. The summed E-state index contributed by atoms with van der Waals surface area (Å²) >= 11 is 0. The van der Waals surface area contributed by atoms with Crippen LogP contribution < -0.4 is 0 Å². The van der Waals surface area contributed by atoms with Gasteiger partial charge >= 0.3 is 0 Å². The van der Waals surface area contributed by atoms with E-state index in [0.717, 1.165) is 6.07 Å². The maximum absolute atomic E-state index is 13.6. The van der Waals surface area contributed by atoms with Crippen LogP contribution in [0, 0.1) is 11.6 Å². The Hall–Kier alpha value is -1.59. The molecule has 0 bridgehead atoms. The zero-order chi connectivity index (χ0) is 13.6. The Morgan fingerprint density at radius 2 is 1.95 bits per heavy atom. The molecule has 1 aromatic carbocycles. The van der Waals surface area contributed by atoms with Crippen LogP contribution in [-0.2, 0) is 6.54 Å². The standard InChI is InChI=1S/C14H14F2N2O/c1-14(19)7-18(8-14)6-10-4-2-9-3-5-11(15)12(16)13(9)17-10/h2-5,19H,6-8H2,1H3. The molecule has 1 fully saturated rings. The second-order valence-corrected chi connectivity index (χ2v) is 5.38. The second-order valence-electron chi connectivity index (χ2n) is 5.38. The number of hydrogen-bond acceptors (Lipinski definition) is 3. The van der Waals surface area contributed by atoms with Crippen LogP contribution in [0.25, 0.3) is 10.9 Å². The lowest BCUT2D eigenvalue weighted by Gasteiger charge is -2.44. The number of likely N-dealkylation sites (tertiary alicyclic amines) is 1. The smallest absolute Gasteiger partial charge is 0.184 e. The Morgan fingerprint density at radius 1 is 1.26 bits per heavy atom. The number of pyridine rings is 1. The average molecular weight is 264 g/mol. The molecule has 1 N–H and O–H groups in total. The summed E-state index contributed by atoms with van der Waals surface area (Å²) in [5, 5.41) is 10.2. The summed E-state index contributed by atoms with van der Waals surface area (Å²) in [6.07, 6.45) is 0. The molecule has 0 aliphatic carbocycles. The van der Waals surface area contributed by atoms with E-state index in [4.69, 9.17) is 0 Å². The van der Waals surface area contributed by atoms with E-state index in [2.05, 4.69) is 4.98 Å². The Bertz CT molecular complexity index is 635. The minimum atomic E-state index is -0.907. The summed E-state index contributed by atoms with van der Waals surface area (Å²) in [5.41, 5.74) is 0.0890. The van der Waals surface area contributed by atoms with Crippen LogP contribution in [-0.4, -0.2) is 33.7 Å². The van der Waals surface area contributed by atoms with Crippen molar-refractivity contribution in [2.24, 2.45) is 0 Å². The van der Waals surface area contributed by atoms with Crippen LogP contribution >= 0.6 is 0 Å². The molecular formula is C14H14F2N2O. The van der Waals surface area contributed by atoms with Crippen LogP contribution in [0.15, 0.2) is 24.3 Å². The maximum Gasteiger partial charge on any atom is 0.184 e. The second kappa shape index (κ2) is 4.21. The number of hydrogen-bond donors (Lipinski definition) is 1. The predicted octanol–water partition coefficient (Wildman–Crippen LogP) is 2.08. The summed E-state index contributed by atoms with van der Waals surface area (Å²) in [4.78, 5) is 6.17. The van der Waals surface area contributed by atoms with Gasteiger partial charge in [0.05, 0.1) is 11.3 Å². The van der Waals surface area contributed by atoms with Gasteiger partial charge in [-0.25, -0.2) is 13.8 Å². The Labute approximate surface area is 109 Å². The van der Waals surface area contributed by atoms with Crippen molar-refractivity contribution in [1.82, 2.24) is 9.88 Å². The molecule has 1 aliphatic rings. The first-order valence-corrected chi connectivity index (χ1v) is 6.13. The fourth-order valence-corrected chi connectivity index (χ4v) is 2.52. The highest BCUT2D eigenvalue weighted by atomic mass is 19.2. The highest BCUT2D eigenvalue weighted by Crippen LogP contribution is 2.23. The molecule has 0 spiro atoms. The average Bonchev–Trinajstić information content (AvgIpc) is 2.32. The monoisotopic (exact) mass is 264 g/mol. The summed E-state index contributed by atoms with van der Waals surface area (Å²) < 4.78 is 26.8. The lowest BCUT2D eigenvalue weighted by molar-refractivity contribution is -0.0875. The van der Waals surface area contributed by atoms with E-state index in [0.29, 0.717) is 30.7 Å². The fourth-order valence-electron chi connectivity index (χ4n) is 2.52. The Kier molecular flexibility index (Phi) is 2.76. The van der Waals surface area contributed by atoms with Gasteiger partial charge in [-0.1, -0.05) is 6.07 Å². The van der Waals surface area contributed by atoms with Gasteiger partial charge in [-0.15, -0.1) is 0 Å². The molecule has 2 aromatic rings. The highest BCUT2D eigenvalue weighted by Gasteiger charge is 2.36. The van der Waals surface area contributed by atoms with Gasteiger partial charge in [0.15, 0.2) is 11.6 Å². The van der Waals surface area contributed by atoms with E-state index < -0.39 is 17.2 Å².